The van der Waals surface area contributed by atoms with Crippen LogP contribution in [-0.4, -0.2) is 0 Å². The van der Waals surface area contributed by atoms with Gasteiger partial charge in [0.2, 0.25) is 0 Å². The summed E-state index contributed by atoms with van der Waals surface area (Å²) in [7, 11) is 0. The van der Waals surface area contributed by atoms with Crippen molar-refractivity contribution in [1.29, 1.82) is 0 Å². The first-order chi connectivity index (χ1) is 23.2. The van der Waals surface area contributed by atoms with Gasteiger partial charge in [0.15, 0.2) is 0 Å². The second-order valence-corrected chi connectivity index (χ2v) is 14.3. The van der Waals surface area contributed by atoms with Gasteiger partial charge < -0.3 is 0 Å². The number of aryl methyl sites for hydroxylation is 2. The van der Waals surface area contributed by atoms with E-state index in [1.807, 2.05) is 11.3 Å². The van der Waals surface area contributed by atoms with Crippen molar-refractivity contribution in [3.05, 3.63) is 142 Å². The van der Waals surface area contributed by atoms with Gasteiger partial charge in [-0.15, -0.1) is 11.3 Å². The average Bonchev–Trinajstić information content (AvgIpc) is 3.51. The Bertz CT molecular complexity index is 1940. The van der Waals surface area contributed by atoms with Crippen molar-refractivity contribution in [3.63, 3.8) is 0 Å². The van der Waals surface area contributed by atoms with E-state index in [0.717, 1.165) is 19.3 Å². The van der Waals surface area contributed by atoms with Gasteiger partial charge in [-0.2, -0.15) is 0 Å². The molecule has 4 aromatic carbocycles. The highest BCUT2D eigenvalue weighted by Crippen LogP contribution is 2.39. The van der Waals surface area contributed by atoms with Crippen LogP contribution in [0.15, 0.2) is 115 Å². The van der Waals surface area contributed by atoms with Crippen LogP contribution in [0.4, 0.5) is 0 Å². The number of fused-ring (bicyclic) bond motifs is 3. The fourth-order valence-corrected chi connectivity index (χ4v) is 8.09. The highest BCUT2D eigenvalue weighted by atomic mass is 32.1. The lowest BCUT2D eigenvalue weighted by Gasteiger charge is -2.18. The third-order valence-corrected chi connectivity index (χ3v) is 11.0. The van der Waals surface area contributed by atoms with E-state index in [1.54, 1.807) is 11.1 Å². The van der Waals surface area contributed by atoms with Crippen molar-refractivity contribution in [2.75, 3.05) is 0 Å². The molecule has 1 heterocycles. The van der Waals surface area contributed by atoms with Gasteiger partial charge in [0.05, 0.1) is 0 Å². The van der Waals surface area contributed by atoms with Crippen molar-refractivity contribution in [3.8, 4) is 10.4 Å². The third-order valence-electron chi connectivity index (χ3n) is 9.75. The summed E-state index contributed by atoms with van der Waals surface area (Å²) in [5, 5.41) is 5.89. The number of benzene rings is 4. The van der Waals surface area contributed by atoms with Gasteiger partial charge in [-0.1, -0.05) is 143 Å². The van der Waals surface area contributed by atoms with Gasteiger partial charge in [0, 0.05) is 9.75 Å². The van der Waals surface area contributed by atoms with Crippen molar-refractivity contribution in [2.45, 2.75) is 91.4 Å². The molecule has 0 aliphatic heterocycles. The highest BCUT2D eigenvalue weighted by molar-refractivity contribution is 7.16. The van der Waals surface area contributed by atoms with Crippen LogP contribution in [0, 0.1) is 0 Å². The number of rotatable bonds is 14. The molecule has 1 aromatic heterocycles. The van der Waals surface area contributed by atoms with E-state index >= 15 is 0 Å². The summed E-state index contributed by atoms with van der Waals surface area (Å²) in [5.41, 5.74) is 9.68. The average molecular weight is 635 g/mol. The van der Waals surface area contributed by atoms with Crippen LogP contribution in [0.25, 0.3) is 43.6 Å². The van der Waals surface area contributed by atoms with Crippen LogP contribution in [0.3, 0.4) is 0 Å². The molecule has 0 nitrogen and oxygen atoms in total. The molecule has 0 bridgehead atoms. The van der Waals surface area contributed by atoms with Crippen LogP contribution >= 0.6 is 11.3 Å². The van der Waals surface area contributed by atoms with Gasteiger partial charge in [-0.05, 0) is 124 Å². The topological polar surface area (TPSA) is 0 Å². The standard InChI is InChI=1S/C46H50S/c1-4-6-8-10-24-41-39-26-14-15-27-40(39)42(25-11-9-7-5-2)44-33-38(28-29-43(41)44)46-31-30-45(47-46)34(3)18-16-19-35-20-17-23-36-21-12-13-22-37(36)32-35/h12-22,26-33H,4-11,23-25H2,1-3H3/b19-16+,34-18+. The molecule has 0 fully saturated rings. The first-order valence-electron chi connectivity index (χ1n) is 18.0. The van der Waals surface area contributed by atoms with Crippen molar-refractivity contribution >= 4 is 44.5 Å². The molecule has 240 valence electrons. The summed E-state index contributed by atoms with van der Waals surface area (Å²) < 4.78 is 0. The summed E-state index contributed by atoms with van der Waals surface area (Å²) in [6, 6.07) is 29.9. The summed E-state index contributed by atoms with van der Waals surface area (Å²) in [6.07, 6.45) is 27.1. The van der Waals surface area contributed by atoms with Crippen molar-refractivity contribution in [2.24, 2.45) is 0 Å². The summed E-state index contributed by atoms with van der Waals surface area (Å²) in [6.45, 7) is 6.84. The molecule has 0 atom stereocenters. The summed E-state index contributed by atoms with van der Waals surface area (Å²) >= 11 is 1.91. The Kier molecular flexibility index (Phi) is 11.4. The Labute approximate surface area is 287 Å². The minimum atomic E-state index is 0.989. The summed E-state index contributed by atoms with van der Waals surface area (Å²) in [4.78, 5) is 2.68. The largest absolute Gasteiger partial charge is 0.136 e. The minimum Gasteiger partial charge on any atom is -0.136 e. The number of hydrogen-bond acceptors (Lipinski definition) is 1. The Hall–Kier alpha value is -3.94. The monoisotopic (exact) mass is 634 g/mol. The maximum atomic E-state index is 2.52. The zero-order chi connectivity index (χ0) is 32.4. The highest BCUT2D eigenvalue weighted by Gasteiger charge is 2.15. The van der Waals surface area contributed by atoms with Gasteiger partial charge in [0.25, 0.3) is 0 Å². The van der Waals surface area contributed by atoms with E-state index in [-0.39, 0.29) is 0 Å². The number of hydrogen-bond donors (Lipinski definition) is 0. The zero-order valence-electron chi connectivity index (χ0n) is 28.7. The normalized spacial score (nSPS) is 13.4. The van der Waals surface area contributed by atoms with E-state index in [1.165, 1.54) is 111 Å². The molecule has 5 aromatic rings. The molecule has 0 spiro atoms. The molecule has 0 radical (unpaired) electrons. The summed E-state index contributed by atoms with van der Waals surface area (Å²) in [5.74, 6) is 0. The zero-order valence-corrected chi connectivity index (χ0v) is 29.5. The lowest BCUT2D eigenvalue weighted by Crippen LogP contribution is -1.98. The maximum Gasteiger partial charge on any atom is 0.0349 e. The lowest BCUT2D eigenvalue weighted by atomic mass is 9.86. The van der Waals surface area contributed by atoms with E-state index in [0.29, 0.717) is 0 Å². The smallest absolute Gasteiger partial charge is 0.0349 e. The molecule has 47 heavy (non-hydrogen) atoms. The van der Waals surface area contributed by atoms with Crippen LogP contribution in [0.5, 0.6) is 0 Å². The van der Waals surface area contributed by atoms with Gasteiger partial charge in [-0.3, -0.25) is 0 Å². The van der Waals surface area contributed by atoms with Crippen LogP contribution in [0.1, 0.15) is 99.3 Å². The van der Waals surface area contributed by atoms with E-state index in [4.69, 9.17) is 0 Å². The first-order valence-corrected chi connectivity index (χ1v) is 18.9. The second-order valence-electron chi connectivity index (χ2n) is 13.2. The molecular weight excluding hydrogens is 585 g/mol. The SMILES string of the molecule is CCCCCCc1c2ccccc2c(CCCCCC)c2cc(-c3ccc(/C(C)=C/C=C/C4=Cc5ccccc5CC=C4)s3)ccc12. The third kappa shape index (κ3) is 7.96. The molecule has 1 aliphatic carbocycles. The quantitative estimate of drug-likeness (QED) is 0.0648. The Morgan fingerprint density at radius 2 is 1.38 bits per heavy atom. The molecular formula is C46H50S. The Morgan fingerprint density at radius 1 is 0.702 bits per heavy atom. The fourth-order valence-electron chi connectivity index (χ4n) is 7.11. The number of unbranched alkanes of at least 4 members (excludes halogenated alkanes) is 6. The molecule has 1 heteroatoms. The van der Waals surface area contributed by atoms with Crippen LogP contribution < -0.4 is 0 Å². The van der Waals surface area contributed by atoms with Crippen LogP contribution in [0.2, 0.25) is 0 Å². The van der Waals surface area contributed by atoms with Crippen molar-refractivity contribution < 1.29 is 0 Å². The van der Waals surface area contributed by atoms with E-state index < -0.39 is 0 Å². The first kappa shape index (κ1) is 33.0. The van der Waals surface area contributed by atoms with Crippen molar-refractivity contribution in [1.82, 2.24) is 0 Å². The van der Waals surface area contributed by atoms with Crippen LogP contribution in [-0.2, 0) is 19.3 Å². The Balaban J connectivity index is 1.31. The molecule has 0 N–H and O–H groups in total. The fraction of sp³-hybridized carbons (Fsp3) is 0.304. The van der Waals surface area contributed by atoms with Gasteiger partial charge >= 0.3 is 0 Å². The minimum absolute atomic E-state index is 0.989. The number of thiophene rings is 1. The molecule has 0 amide bonds. The van der Waals surface area contributed by atoms with E-state index in [2.05, 4.69) is 136 Å². The number of allylic oxidation sites excluding steroid dienone is 7. The molecule has 0 unspecified atom stereocenters. The molecule has 1 aliphatic rings. The van der Waals surface area contributed by atoms with E-state index in [9.17, 15) is 0 Å². The maximum absolute atomic E-state index is 2.52. The Morgan fingerprint density at radius 3 is 2.13 bits per heavy atom. The predicted molar refractivity (Wildman–Crippen MR) is 211 cm³/mol. The molecule has 0 saturated carbocycles. The van der Waals surface area contributed by atoms with Gasteiger partial charge in [0.1, 0.15) is 0 Å². The second kappa shape index (κ2) is 16.2. The molecule has 0 saturated heterocycles. The lowest BCUT2D eigenvalue weighted by molar-refractivity contribution is 0.668. The van der Waals surface area contributed by atoms with Gasteiger partial charge in [-0.25, -0.2) is 0 Å². The molecule has 6 rings (SSSR count). The predicted octanol–water partition coefficient (Wildman–Crippen LogP) is 14.1.